The second-order valence-corrected chi connectivity index (χ2v) is 9.73. The molecule has 0 fully saturated rings. The molecule has 154 valence electrons. The van der Waals surface area contributed by atoms with Crippen LogP contribution in [0.25, 0.3) is 54.6 Å². The van der Waals surface area contributed by atoms with Gasteiger partial charge in [-0.25, -0.2) is 0 Å². The van der Waals surface area contributed by atoms with Gasteiger partial charge in [-0.3, -0.25) is 4.98 Å². The van der Waals surface area contributed by atoms with Gasteiger partial charge < -0.3 is 0 Å². The fraction of sp³-hybridized carbons (Fsp3) is 0.129. The van der Waals surface area contributed by atoms with Crippen LogP contribution in [0.4, 0.5) is 0 Å². The van der Waals surface area contributed by atoms with E-state index in [4.69, 9.17) is 0 Å². The van der Waals surface area contributed by atoms with Crippen LogP contribution in [-0.2, 0) is 5.41 Å². The number of hydrogen-bond acceptors (Lipinski definition) is 1. The highest BCUT2D eigenvalue weighted by molar-refractivity contribution is 6.28. The predicted octanol–water partition coefficient (Wildman–Crippen LogP) is 8.61. The fourth-order valence-corrected chi connectivity index (χ4v) is 4.97. The third-order valence-corrected chi connectivity index (χ3v) is 6.64. The Bertz CT molecular complexity index is 1470. The molecule has 6 rings (SSSR count). The van der Waals surface area contributed by atoms with Crippen LogP contribution in [-0.4, -0.2) is 4.98 Å². The van der Waals surface area contributed by atoms with Crippen LogP contribution in [0.2, 0.25) is 0 Å². The molecule has 0 saturated carbocycles. The van der Waals surface area contributed by atoms with Gasteiger partial charge in [0.1, 0.15) is 0 Å². The van der Waals surface area contributed by atoms with E-state index < -0.39 is 0 Å². The van der Waals surface area contributed by atoms with E-state index in [-0.39, 0.29) is 5.41 Å². The number of benzene rings is 5. The van der Waals surface area contributed by atoms with Gasteiger partial charge in [-0.15, -0.1) is 0 Å². The zero-order valence-electron chi connectivity index (χ0n) is 18.7. The molecule has 0 spiro atoms. The number of rotatable bonds is 2. The highest BCUT2D eigenvalue weighted by Crippen LogP contribution is 2.44. The Hall–Kier alpha value is -3.71. The summed E-state index contributed by atoms with van der Waals surface area (Å²) in [6, 6.07) is 31.2. The SMILES string of the molecule is CC(C)(C)c1cc2ccc3c(-c4ccccc4)cc(-c4cccnc4)c4ccc(c1)c2c34. The molecule has 0 unspecified atom stereocenters. The van der Waals surface area contributed by atoms with E-state index in [1.807, 2.05) is 18.5 Å². The molecule has 0 saturated heterocycles. The van der Waals surface area contributed by atoms with Crippen LogP contribution in [0.5, 0.6) is 0 Å². The molecule has 6 aromatic rings. The third-order valence-electron chi connectivity index (χ3n) is 6.64. The number of hydrogen-bond donors (Lipinski definition) is 0. The van der Waals surface area contributed by atoms with Crippen molar-refractivity contribution in [3.05, 3.63) is 103 Å². The molecular weight excluding hydrogens is 386 g/mol. The van der Waals surface area contributed by atoms with E-state index in [1.165, 1.54) is 54.6 Å². The first-order valence-corrected chi connectivity index (χ1v) is 11.2. The normalized spacial score (nSPS) is 12.2. The maximum absolute atomic E-state index is 4.41. The molecule has 1 heteroatoms. The summed E-state index contributed by atoms with van der Waals surface area (Å²) in [7, 11) is 0. The summed E-state index contributed by atoms with van der Waals surface area (Å²) in [6.45, 7) is 6.86. The molecule has 1 aromatic heterocycles. The Kier molecular flexibility index (Phi) is 4.10. The standard InChI is InChI=1S/C31H25N/c1-31(2,3)24-16-21-11-13-25-27(20-8-5-4-6-9-20)18-28(23-10-7-15-32-19-23)26-14-12-22(17-24)29(21)30(25)26/h4-19H,1-3H3. The van der Waals surface area contributed by atoms with Crippen LogP contribution >= 0.6 is 0 Å². The zero-order chi connectivity index (χ0) is 21.9. The first kappa shape index (κ1) is 19.0. The molecule has 0 aliphatic rings. The number of nitrogens with zero attached hydrogens (tertiary/aromatic N) is 1. The van der Waals surface area contributed by atoms with E-state index in [2.05, 4.69) is 105 Å². The third kappa shape index (κ3) is 2.89. The molecule has 0 aliphatic heterocycles. The van der Waals surface area contributed by atoms with E-state index in [0.29, 0.717) is 0 Å². The maximum Gasteiger partial charge on any atom is 0.0346 e. The highest BCUT2D eigenvalue weighted by Gasteiger charge is 2.19. The van der Waals surface area contributed by atoms with Crippen LogP contribution in [0.1, 0.15) is 26.3 Å². The minimum atomic E-state index is 0.112. The molecule has 32 heavy (non-hydrogen) atoms. The smallest absolute Gasteiger partial charge is 0.0346 e. The highest BCUT2D eigenvalue weighted by atomic mass is 14.6. The second kappa shape index (κ2) is 6.90. The summed E-state index contributed by atoms with van der Waals surface area (Å²) in [6.07, 6.45) is 3.81. The topological polar surface area (TPSA) is 12.9 Å². The van der Waals surface area contributed by atoms with Crippen molar-refractivity contribution < 1.29 is 0 Å². The lowest BCUT2D eigenvalue weighted by molar-refractivity contribution is 0.591. The van der Waals surface area contributed by atoms with Crippen molar-refractivity contribution in [3.63, 3.8) is 0 Å². The molecule has 5 aromatic carbocycles. The van der Waals surface area contributed by atoms with Crippen LogP contribution < -0.4 is 0 Å². The molecule has 0 bridgehead atoms. The summed E-state index contributed by atoms with van der Waals surface area (Å²) in [4.78, 5) is 4.41. The molecule has 0 N–H and O–H groups in total. The lowest BCUT2D eigenvalue weighted by atomic mass is 9.81. The summed E-state index contributed by atoms with van der Waals surface area (Å²) in [5.74, 6) is 0. The monoisotopic (exact) mass is 411 g/mol. The predicted molar refractivity (Wildman–Crippen MR) is 138 cm³/mol. The van der Waals surface area contributed by atoms with Crippen LogP contribution in [0.3, 0.4) is 0 Å². The van der Waals surface area contributed by atoms with E-state index >= 15 is 0 Å². The van der Waals surface area contributed by atoms with Crippen molar-refractivity contribution in [1.29, 1.82) is 0 Å². The molecule has 0 radical (unpaired) electrons. The average molecular weight is 412 g/mol. The Balaban J connectivity index is 1.80. The van der Waals surface area contributed by atoms with Gasteiger partial charge in [-0.1, -0.05) is 93.6 Å². The molecule has 0 amide bonds. The van der Waals surface area contributed by atoms with E-state index in [9.17, 15) is 0 Å². The lowest BCUT2D eigenvalue weighted by Crippen LogP contribution is -2.10. The lowest BCUT2D eigenvalue weighted by Gasteiger charge is -2.22. The zero-order valence-corrected chi connectivity index (χ0v) is 18.7. The summed E-state index contributed by atoms with van der Waals surface area (Å²) >= 11 is 0. The quantitative estimate of drug-likeness (QED) is 0.260. The van der Waals surface area contributed by atoms with Gasteiger partial charge in [0, 0.05) is 18.0 Å². The van der Waals surface area contributed by atoms with Crippen molar-refractivity contribution in [3.8, 4) is 22.3 Å². The summed E-state index contributed by atoms with van der Waals surface area (Å²) in [5.41, 5.74) is 6.38. The Morgan fingerprint density at radius 2 is 1.22 bits per heavy atom. The Morgan fingerprint density at radius 3 is 1.81 bits per heavy atom. The van der Waals surface area contributed by atoms with Crippen molar-refractivity contribution in [2.24, 2.45) is 0 Å². The fourth-order valence-electron chi connectivity index (χ4n) is 4.97. The minimum Gasteiger partial charge on any atom is -0.264 e. The summed E-state index contributed by atoms with van der Waals surface area (Å²) in [5, 5.41) is 7.92. The van der Waals surface area contributed by atoms with Gasteiger partial charge in [-0.05, 0) is 72.1 Å². The van der Waals surface area contributed by atoms with Gasteiger partial charge >= 0.3 is 0 Å². The van der Waals surface area contributed by atoms with Crippen molar-refractivity contribution in [2.75, 3.05) is 0 Å². The van der Waals surface area contributed by atoms with Gasteiger partial charge in [0.25, 0.3) is 0 Å². The second-order valence-electron chi connectivity index (χ2n) is 9.73. The van der Waals surface area contributed by atoms with Crippen molar-refractivity contribution in [1.82, 2.24) is 4.98 Å². The molecular formula is C31H25N. The first-order valence-electron chi connectivity index (χ1n) is 11.2. The minimum absolute atomic E-state index is 0.112. The molecule has 0 atom stereocenters. The summed E-state index contributed by atoms with van der Waals surface area (Å²) < 4.78 is 0. The van der Waals surface area contributed by atoms with Gasteiger partial charge in [0.2, 0.25) is 0 Å². The maximum atomic E-state index is 4.41. The molecule has 1 nitrogen and oxygen atoms in total. The van der Waals surface area contributed by atoms with Crippen molar-refractivity contribution in [2.45, 2.75) is 26.2 Å². The Labute approximate surface area is 188 Å². The molecule has 1 heterocycles. The molecule has 0 aliphatic carbocycles. The van der Waals surface area contributed by atoms with E-state index in [1.54, 1.807) is 0 Å². The first-order chi connectivity index (χ1) is 15.5. The largest absolute Gasteiger partial charge is 0.264 e. The van der Waals surface area contributed by atoms with E-state index in [0.717, 1.165) is 5.56 Å². The average Bonchev–Trinajstić information content (AvgIpc) is 2.82. The van der Waals surface area contributed by atoms with Gasteiger partial charge in [0.15, 0.2) is 0 Å². The van der Waals surface area contributed by atoms with Crippen LogP contribution in [0, 0.1) is 0 Å². The number of aromatic nitrogens is 1. The van der Waals surface area contributed by atoms with Crippen molar-refractivity contribution >= 4 is 32.3 Å². The van der Waals surface area contributed by atoms with Crippen LogP contribution in [0.15, 0.2) is 97.3 Å². The van der Waals surface area contributed by atoms with Gasteiger partial charge in [0.05, 0.1) is 0 Å². The van der Waals surface area contributed by atoms with Gasteiger partial charge in [-0.2, -0.15) is 0 Å². The number of pyridine rings is 1. The Morgan fingerprint density at radius 1 is 0.594 bits per heavy atom.